The van der Waals surface area contributed by atoms with E-state index in [9.17, 15) is 28.1 Å². The van der Waals surface area contributed by atoms with Crippen LogP contribution in [0.25, 0.3) is 21.5 Å². The minimum atomic E-state index is -4.74. The van der Waals surface area contributed by atoms with Crippen LogP contribution in [0.4, 0.5) is 24.5 Å². The second-order valence-corrected chi connectivity index (χ2v) is 7.56. The Morgan fingerprint density at radius 2 is 1.84 bits per heavy atom. The maximum atomic E-state index is 12.9. The molecule has 0 aliphatic rings. The molecule has 0 aliphatic carbocycles. The third-order valence-corrected chi connectivity index (χ3v) is 5.46. The smallest absolute Gasteiger partial charge is 0.292 e. The Bertz CT molecular complexity index is 1320. The number of thiophene rings is 1. The summed E-state index contributed by atoms with van der Waals surface area (Å²) in [4.78, 5) is 28.6. The van der Waals surface area contributed by atoms with Crippen LogP contribution >= 0.6 is 11.3 Å². The number of nitro groups is 1. The summed E-state index contributed by atoms with van der Waals surface area (Å²) in [7, 11) is 0. The van der Waals surface area contributed by atoms with Crippen LogP contribution < -0.4 is 10.9 Å². The minimum absolute atomic E-state index is 0.251. The molecule has 0 bridgehead atoms. The van der Waals surface area contributed by atoms with E-state index in [1.807, 2.05) is 17.5 Å². The highest BCUT2D eigenvalue weighted by Crippen LogP contribution is 2.35. The number of hydrazine groups is 1. The summed E-state index contributed by atoms with van der Waals surface area (Å²) in [6.07, 6.45) is -4.74. The lowest BCUT2D eigenvalue weighted by Gasteiger charge is -2.13. The maximum absolute atomic E-state index is 12.9. The molecular formula is C21H13F3N4O3S. The fourth-order valence-corrected chi connectivity index (χ4v) is 3.76. The van der Waals surface area contributed by atoms with Gasteiger partial charge in [0.25, 0.3) is 11.6 Å². The quantitative estimate of drug-likeness (QED) is 0.298. The zero-order chi connectivity index (χ0) is 22.9. The van der Waals surface area contributed by atoms with Crippen molar-refractivity contribution in [3.05, 3.63) is 87.3 Å². The van der Waals surface area contributed by atoms with Gasteiger partial charge in [0.2, 0.25) is 0 Å². The highest BCUT2D eigenvalue weighted by molar-refractivity contribution is 7.13. The van der Waals surface area contributed by atoms with Gasteiger partial charge >= 0.3 is 6.18 Å². The van der Waals surface area contributed by atoms with Gasteiger partial charge in [-0.05, 0) is 35.7 Å². The second-order valence-electron chi connectivity index (χ2n) is 6.62. The Kier molecular flexibility index (Phi) is 5.49. The molecule has 0 unspecified atom stereocenters. The molecule has 0 atom stereocenters. The summed E-state index contributed by atoms with van der Waals surface area (Å²) in [6.45, 7) is 0. The predicted octanol–water partition coefficient (Wildman–Crippen LogP) is 5.65. The number of aromatic nitrogens is 1. The van der Waals surface area contributed by atoms with Crippen LogP contribution in [0.15, 0.2) is 66.0 Å². The van der Waals surface area contributed by atoms with Crippen LogP contribution in [0, 0.1) is 10.1 Å². The van der Waals surface area contributed by atoms with Crippen LogP contribution in [0.2, 0.25) is 0 Å². The monoisotopic (exact) mass is 458 g/mol. The van der Waals surface area contributed by atoms with E-state index in [1.54, 1.807) is 30.3 Å². The molecular weight excluding hydrogens is 445 g/mol. The first kappa shape index (κ1) is 21.2. The molecule has 0 fully saturated rings. The van der Waals surface area contributed by atoms with Gasteiger partial charge in [0.15, 0.2) is 0 Å². The van der Waals surface area contributed by atoms with E-state index < -0.39 is 28.3 Å². The van der Waals surface area contributed by atoms with Gasteiger partial charge in [0, 0.05) is 11.5 Å². The molecule has 2 heterocycles. The SMILES string of the molecule is O=C(NNc1ccc(C(F)(F)F)cc1[N+](=O)[O-])c1cc(-c2cccs2)nc2ccccc12. The number of amides is 1. The predicted molar refractivity (Wildman–Crippen MR) is 114 cm³/mol. The molecule has 162 valence electrons. The molecule has 0 radical (unpaired) electrons. The van der Waals surface area contributed by atoms with Gasteiger partial charge in [-0.15, -0.1) is 11.3 Å². The summed E-state index contributed by atoms with van der Waals surface area (Å²) in [5, 5.41) is 13.7. The number of alkyl halides is 3. The zero-order valence-electron chi connectivity index (χ0n) is 16.0. The summed E-state index contributed by atoms with van der Waals surface area (Å²) in [6, 6.07) is 14.3. The zero-order valence-corrected chi connectivity index (χ0v) is 16.8. The van der Waals surface area contributed by atoms with Crippen LogP contribution in [-0.2, 0) is 6.18 Å². The first-order valence-electron chi connectivity index (χ1n) is 9.09. The number of hydrogen-bond donors (Lipinski definition) is 2. The lowest BCUT2D eigenvalue weighted by Crippen LogP contribution is -2.30. The molecule has 2 aromatic heterocycles. The van der Waals surface area contributed by atoms with Crippen molar-refractivity contribution in [3.63, 3.8) is 0 Å². The molecule has 0 saturated heterocycles. The number of carbonyl (C=O) groups excluding carboxylic acids is 1. The Morgan fingerprint density at radius 3 is 2.53 bits per heavy atom. The number of rotatable bonds is 5. The lowest BCUT2D eigenvalue weighted by atomic mass is 10.1. The van der Waals surface area contributed by atoms with Gasteiger partial charge in [-0.25, -0.2) is 4.98 Å². The van der Waals surface area contributed by atoms with Crippen molar-refractivity contribution in [3.8, 4) is 10.6 Å². The van der Waals surface area contributed by atoms with Crippen LogP contribution in [-0.4, -0.2) is 15.8 Å². The molecule has 2 N–H and O–H groups in total. The molecule has 32 heavy (non-hydrogen) atoms. The first-order valence-corrected chi connectivity index (χ1v) is 9.97. The van der Waals surface area contributed by atoms with Crippen molar-refractivity contribution in [2.45, 2.75) is 6.18 Å². The van der Waals surface area contributed by atoms with Gasteiger partial charge in [-0.2, -0.15) is 13.2 Å². The normalized spacial score (nSPS) is 11.3. The number of halogens is 3. The minimum Gasteiger partial charge on any atom is -0.292 e. The van der Waals surface area contributed by atoms with E-state index in [4.69, 9.17) is 0 Å². The standard InChI is InChI=1S/C21H13F3N4O3S/c22-21(23,24)12-7-8-16(18(10-12)28(30)31)26-27-20(29)14-11-17(19-6-3-9-32-19)25-15-5-2-1-4-13(14)15/h1-11,26H,(H,27,29). The molecule has 0 spiro atoms. The fraction of sp³-hybridized carbons (Fsp3) is 0.0476. The van der Waals surface area contributed by atoms with E-state index in [0.717, 1.165) is 10.9 Å². The number of nitro benzene ring substituents is 1. The molecule has 7 nitrogen and oxygen atoms in total. The number of nitrogens with zero attached hydrogens (tertiary/aromatic N) is 2. The van der Waals surface area contributed by atoms with Gasteiger partial charge in [-0.1, -0.05) is 24.3 Å². The second kappa shape index (κ2) is 8.27. The molecule has 4 rings (SSSR count). The lowest BCUT2D eigenvalue weighted by molar-refractivity contribution is -0.384. The Hall–Kier alpha value is -3.99. The first-order chi connectivity index (χ1) is 15.2. The number of para-hydroxylation sites is 1. The van der Waals surface area contributed by atoms with E-state index >= 15 is 0 Å². The van der Waals surface area contributed by atoms with E-state index in [2.05, 4.69) is 15.8 Å². The Labute approximate surface area is 182 Å². The van der Waals surface area contributed by atoms with Crippen LogP contribution in [0.5, 0.6) is 0 Å². The largest absolute Gasteiger partial charge is 0.416 e. The topological polar surface area (TPSA) is 97.2 Å². The number of pyridine rings is 1. The molecule has 4 aromatic rings. The number of fused-ring (bicyclic) bond motifs is 1. The summed E-state index contributed by atoms with van der Waals surface area (Å²) >= 11 is 1.45. The maximum Gasteiger partial charge on any atom is 0.416 e. The van der Waals surface area contributed by atoms with Gasteiger partial charge in [0.05, 0.1) is 32.1 Å². The molecule has 11 heteroatoms. The third-order valence-electron chi connectivity index (χ3n) is 4.57. The third kappa shape index (κ3) is 4.23. The molecule has 0 saturated carbocycles. The van der Waals surface area contributed by atoms with Gasteiger partial charge in [0.1, 0.15) is 5.69 Å². The van der Waals surface area contributed by atoms with Crippen molar-refractivity contribution in [1.82, 2.24) is 10.4 Å². The summed E-state index contributed by atoms with van der Waals surface area (Å²) in [5.74, 6) is -0.629. The molecule has 1 amide bonds. The van der Waals surface area contributed by atoms with E-state index in [0.29, 0.717) is 28.7 Å². The number of benzene rings is 2. The number of nitrogens with one attached hydrogen (secondary N) is 2. The van der Waals surface area contributed by atoms with Crippen molar-refractivity contribution < 1.29 is 22.9 Å². The van der Waals surface area contributed by atoms with Gasteiger partial charge in [-0.3, -0.25) is 25.8 Å². The van der Waals surface area contributed by atoms with Crippen molar-refractivity contribution in [2.75, 3.05) is 5.43 Å². The average Bonchev–Trinajstić information content (AvgIpc) is 3.31. The highest BCUT2D eigenvalue weighted by Gasteiger charge is 2.33. The average molecular weight is 458 g/mol. The Morgan fingerprint density at radius 1 is 1.06 bits per heavy atom. The number of carbonyl (C=O) groups is 1. The van der Waals surface area contributed by atoms with Crippen molar-refractivity contribution in [2.24, 2.45) is 0 Å². The highest BCUT2D eigenvalue weighted by atomic mass is 32.1. The molecule has 2 aromatic carbocycles. The van der Waals surface area contributed by atoms with E-state index in [1.165, 1.54) is 11.3 Å². The summed E-state index contributed by atoms with van der Waals surface area (Å²) < 4.78 is 38.6. The van der Waals surface area contributed by atoms with Crippen LogP contribution in [0.1, 0.15) is 15.9 Å². The van der Waals surface area contributed by atoms with Crippen molar-refractivity contribution >= 4 is 39.5 Å². The Balaban J connectivity index is 1.66. The van der Waals surface area contributed by atoms with E-state index in [-0.39, 0.29) is 11.3 Å². The number of hydrogen-bond acceptors (Lipinski definition) is 6. The summed E-state index contributed by atoms with van der Waals surface area (Å²) in [5.41, 5.74) is 3.83. The number of anilines is 1. The fourth-order valence-electron chi connectivity index (χ4n) is 3.07. The van der Waals surface area contributed by atoms with Crippen LogP contribution in [0.3, 0.4) is 0 Å². The van der Waals surface area contributed by atoms with Crippen molar-refractivity contribution in [1.29, 1.82) is 0 Å². The molecule has 0 aliphatic heterocycles. The van der Waals surface area contributed by atoms with Gasteiger partial charge < -0.3 is 0 Å².